The van der Waals surface area contributed by atoms with Crippen LogP contribution < -0.4 is 15.4 Å². The van der Waals surface area contributed by atoms with Gasteiger partial charge in [0.05, 0.1) is 17.3 Å². The lowest BCUT2D eigenvalue weighted by Gasteiger charge is -2.21. The third-order valence-corrected chi connectivity index (χ3v) is 4.62. The molecule has 0 bridgehead atoms. The molecule has 1 aromatic carbocycles. The minimum Gasteiger partial charge on any atom is -0.482 e. The summed E-state index contributed by atoms with van der Waals surface area (Å²) >= 11 is 0. The highest BCUT2D eigenvalue weighted by Gasteiger charge is 2.20. The smallest absolute Gasteiger partial charge is 0.262 e. The summed E-state index contributed by atoms with van der Waals surface area (Å²) in [7, 11) is 0. The Hall–Kier alpha value is -2.76. The molecule has 1 aliphatic rings. The number of ether oxygens (including phenoxy) is 1. The van der Waals surface area contributed by atoms with E-state index in [1.54, 1.807) is 0 Å². The van der Waals surface area contributed by atoms with Crippen LogP contribution in [0.1, 0.15) is 47.2 Å². The number of anilines is 1. The van der Waals surface area contributed by atoms with Crippen molar-refractivity contribution in [2.45, 2.75) is 40.3 Å². The van der Waals surface area contributed by atoms with Crippen molar-refractivity contribution in [2.24, 2.45) is 0 Å². The first-order valence-corrected chi connectivity index (χ1v) is 8.45. The van der Waals surface area contributed by atoms with Crippen LogP contribution in [0.4, 0.5) is 5.69 Å². The Labute approximate surface area is 147 Å². The van der Waals surface area contributed by atoms with Crippen LogP contribution in [0.2, 0.25) is 0 Å². The Morgan fingerprint density at radius 1 is 1.36 bits per heavy atom. The molecule has 132 valence electrons. The van der Waals surface area contributed by atoms with E-state index >= 15 is 0 Å². The molecule has 0 fully saturated rings. The van der Waals surface area contributed by atoms with Gasteiger partial charge in [0, 0.05) is 17.9 Å². The zero-order valence-electron chi connectivity index (χ0n) is 15.0. The van der Waals surface area contributed by atoms with Crippen molar-refractivity contribution in [3.63, 3.8) is 0 Å². The predicted molar refractivity (Wildman–Crippen MR) is 96.0 cm³/mol. The Morgan fingerprint density at radius 2 is 2.12 bits per heavy atom. The summed E-state index contributed by atoms with van der Waals surface area (Å²) in [6.07, 6.45) is 0. The first-order chi connectivity index (χ1) is 11.9. The minimum atomic E-state index is -0.193. The summed E-state index contributed by atoms with van der Waals surface area (Å²) in [5, 5.41) is 5.82. The highest BCUT2D eigenvalue weighted by molar-refractivity contribution is 5.96. The van der Waals surface area contributed by atoms with Gasteiger partial charge in [0.25, 0.3) is 11.8 Å². The molecule has 0 aliphatic carbocycles. The van der Waals surface area contributed by atoms with Crippen molar-refractivity contribution in [2.75, 3.05) is 11.9 Å². The van der Waals surface area contributed by atoms with Gasteiger partial charge in [-0.3, -0.25) is 9.59 Å². The van der Waals surface area contributed by atoms with E-state index in [2.05, 4.69) is 22.1 Å². The molecule has 2 aromatic rings. The van der Waals surface area contributed by atoms with Crippen molar-refractivity contribution in [3.8, 4) is 5.75 Å². The maximum Gasteiger partial charge on any atom is 0.262 e. The summed E-state index contributed by atoms with van der Waals surface area (Å²) in [4.78, 5) is 24.1. The topological polar surface area (TPSA) is 72.4 Å². The largest absolute Gasteiger partial charge is 0.482 e. The number of carbonyl (C=O) groups is 2. The van der Waals surface area contributed by atoms with E-state index in [4.69, 9.17) is 4.74 Å². The minimum absolute atomic E-state index is 0.0334. The van der Waals surface area contributed by atoms with Gasteiger partial charge in [-0.25, -0.2) is 0 Å². The van der Waals surface area contributed by atoms with Gasteiger partial charge in [-0.1, -0.05) is 6.07 Å². The number of aromatic nitrogens is 1. The lowest BCUT2D eigenvalue weighted by molar-refractivity contribution is -0.118. The maximum atomic E-state index is 12.7. The standard InChI is InChI=1S/C19H23N3O3/c1-5-22-11(2)8-15(13(22)4)19(24)20-12(3)14-6-7-17-16(9-14)21-18(23)10-25-17/h6-9,12H,5,10H2,1-4H3,(H,20,24)(H,21,23)/t12-/m0/s1. The fourth-order valence-electron chi connectivity index (χ4n) is 3.25. The Balaban J connectivity index is 1.78. The second-order valence-corrected chi connectivity index (χ2v) is 6.32. The van der Waals surface area contributed by atoms with Crippen molar-refractivity contribution >= 4 is 17.5 Å². The molecule has 6 nitrogen and oxygen atoms in total. The predicted octanol–water partition coefficient (Wildman–Crippen LogP) is 2.95. The molecule has 0 saturated carbocycles. The number of hydrogen-bond acceptors (Lipinski definition) is 3. The number of aryl methyl sites for hydroxylation is 1. The molecule has 3 rings (SSSR count). The molecule has 0 saturated heterocycles. The van der Waals surface area contributed by atoms with Crippen LogP contribution in [0.3, 0.4) is 0 Å². The molecule has 0 radical (unpaired) electrons. The maximum absolute atomic E-state index is 12.7. The first-order valence-electron chi connectivity index (χ1n) is 8.45. The van der Waals surface area contributed by atoms with E-state index in [-0.39, 0.29) is 24.5 Å². The summed E-state index contributed by atoms with van der Waals surface area (Å²) in [5.74, 6) is 0.375. The van der Waals surface area contributed by atoms with Crippen LogP contribution >= 0.6 is 0 Å². The van der Waals surface area contributed by atoms with Gasteiger partial charge in [0.2, 0.25) is 0 Å². The van der Waals surface area contributed by atoms with Crippen molar-refractivity contribution in [1.82, 2.24) is 9.88 Å². The van der Waals surface area contributed by atoms with Gasteiger partial charge < -0.3 is 19.9 Å². The van der Waals surface area contributed by atoms with Crippen molar-refractivity contribution in [1.29, 1.82) is 0 Å². The number of hydrogen-bond donors (Lipinski definition) is 2. The van der Waals surface area contributed by atoms with Crippen molar-refractivity contribution in [3.05, 3.63) is 46.8 Å². The lowest BCUT2D eigenvalue weighted by atomic mass is 10.1. The van der Waals surface area contributed by atoms with Gasteiger partial charge in [-0.2, -0.15) is 0 Å². The third kappa shape index (κ3) is 3.24. The fourth-order valence-corrected chi connectivity index (χ4v) is 3.25. The van der Waals surface area contributed by atoms with Gasteiger partial charge in [-0.15, -0.1) is 0 Å². The molecule has 2 N–H and O–H groups in total. The van der Waals surface area contributed by atoms with Gasteiger partial charge in [-0.05, 0) is 51.5 Å². The second kappa shape index (κ2) is 6.63. The molecule has 2 amide bonds. The van der Waals surface area contributed by atoms with Crippen LogP contribution in [0, 0.1) is 13.8 Å². The Bertz CT molecular complexity index is 839. The number of nitrogens with one attached hydrogen (secondary N) is 2. The average molecular weight is 341 g/mol. The fraction of sp³-hybridized carbons (Fsp3) is 0.368. The molecular weight excluding hydrogens is 318 g/mol. The second-order valence-electron chi connectivity index (χ2n) is 6.32. The number of nitrogens with zero attached hydrogens (tertiary/aromatic N) is 1. The molecule has 6 heteroatoms. The Morgan fingerprint density at radius 3 is 2.80 bits per heavy atom. The van der Waals surface area contributed by atoms with Crippen molar-refractivity contribution < 1.29 is 14.3 Å². The number of carbonyl (C=O) groups excluding carboxylic acids is 2. The monoisotopic (exact) mass is 341 g/mol. The highest BCUT2D eigenvalue weighted by atomic mass is 16.5. The van der Waals surface area contributed by atoms with Gasteiger partial charge in [0.15, 0.2) is 6.61 Å². The van der Waals surface area contributed by atoms with Gasteiger partial charge in [0.1, 0.15) is 5.75 Å². The summed E-state index contributed by atoms with van der Waals surface area (Å²) in [5.41, 5.74) is 4.28. The number of fused-ring (bicyclic) bond motifs is 1. The molecule has 0 unspecified atom stereocenters. The van der Waals surface area contributed by atoms with Crippen LogP contribution in [0.25, 0.3) is 0 Å². The van der Waals surface area contributed by atoms with E-state index in [1.807, 2.05) is 45.0 Å². The SMILES string of the molecule is CCn1c(C)cc(C(=O)N[C@@H](C)c2ccc3c(c2)NC(=O)CO3)c1C. The van der Waals surface area contributed by atoms with Gasteiger partial charge >= 0.3 is 0 Å². The number of rotatable bonds is 4. The number of benzene rings is 1. The van der Waals surface area contributed by atoms with E-state index < -0.39 is 0 Å². The molecule has 2 heterocycles. The van der Waals surface area contributed by atoms with E-state index in [0.29, 0.717) is 17.0 Å². The number of amides is 2. The zero-order valence-corrected chi connectivity index (χ0v) is 15.0. The molecular formula is C19H23N3O3. The summed E-state index contributed by atoms with van der Waals surface area (Å²) < 4.78 is 7.48. The highest BCUT2D eigenvalue weighted by Crippen LogP contribution is 2.30. The summed E-state index contributed by atoms with van der Waals surface area (Å²) in [6.45, 7) is 8.82. The van der Waals surface area contributed by atoms with E-state index in [1.165, 1.54) is 0 Å². The quantitative estimate of drug-likeness (QED) is 0.898. The van der Waals surface area contributed by atoms with Crippen LogP contribution in [-0.2, 0) is 11.3 Å². The first kappa shape index (κ1) is 17.1. The molecule has 1 aliphatic heterocycles. The average Bonchev–Trinajstić information content (AvgIpc) is 2.88. The lowest BCUT2D eigenvalue weighted by Crippen LogP contribution is -2.28. The molecule has 1 aromatic heterocycles. The molecule has 25 heavy (non-hydrogen) atoms. The van der Waals surface area contributed by atoms with Crippen LogP contribution in [-0.4, -0.2) is 23.0 Å². The van der Waals surface area contributed by atoms with Crippen LogP contribution in [0.5, 0.6) is 5.75 Å². The summed E-state index contributed by atoms with van der Waals surface area (Å²) in [6, 6.07) is 7.28. The molecule has 0 spiro atoms. The van der Waals surface area contributed by atoms with Crippen LogP contribution in [0.15, 0.2) is 24.3 Å². The third-order valence-electron chi connectivity index (χ3n) is 4.62. The Kier molecular flexibility index (Phi) is 4.53. The van der Waals surface area contributed by atoms with E-state index in [9.17, 15) is 9.59 Å². The zero-order chi connectivity index (χ0) is 18.1. The normalized spacial score (nSPS) is 14.3. The molecule has 1 atom stereocenters. The van der Waals surface area contributed by atoms with E-state index in [0.717, 1.165) is 23.5 Å².